The van der Waals surface area contributed by atoms with Crippen LogP contribution in [-0.4, -0.2) is 51.8 Å². The van der Waals surface area contributed by atoms with Crippen LogP contribution in [0.3, 0.4) is 0 Å². The summed E-state index contributed by atoms with van der Waals surface area (Å²) in [6.07, 6.45) is 3.59. The van der Waals surface area contributed by atoms with Gasteiger partial charge in [-0.3, -0.25) is 0 Å². The summed E-state index contributed by atoms with van der Waals surface area (Å²) < 4.78 is 11.6. The lowest BCUT2D eigenvalue weighted by molar-refractivity contribution is 0.101. The van der Waals surface area contributed by atoms with Crippen molar-refractivity contribution < 1.29 is 9.47 Å². The molecule has 1 saturated heterocycles. The van der Waals surface area contributed by atoms with Crippen LogP contribution in [0.2, 0.25) is 0 Å². The van der Waals surface area contributed by atoms with Crippen molar-refractivity contribution in [1.29, 1.82) is 0 Å². The van der Waals surface area contributed by atoms with Crippen molar-refractivity contribution in [2.45, 2.75) is 25.4 Å². The van der Waals surface area contributed by atoms with E-state index in [9.17, 15) is 0 Å². The minimum atomic E-state index is 0.269. The maximum Gasteiger partial charge on any atom is 0.161 e. The van der Waals surface area contributed by atoms with Crippen LogP contribution in [0, 0.1) is 0 Å². The molecule has 1 heterocycles. The summed E-state index contributed by atoms with van der Waals surface area (Å²) in [5.74, 6) is 1.70. The summed E-state index contributed by atoms with van der Waals surface area (Å²) in [5, 5.41) is 3.16. The molecule has 1 aromatic rings. The molecular weight excluding hydrogens is 252 g/mol. The summed E-state index contributed by atoms with van der Waals surface area (Å²) >= 11 is 0. The number of nitrogens with one attached hydrogen (secondary N) is 1. The second-order valence-corrected chi connectivity index (χ2v) is 5.48. The Morgan fingerprint density at radius 2 is 2.20 bits per heavy atom. The van der Waals surface area contributed by atoms with Crippen molar-refractivity contribution >= 4 is 0 Å². The number of rotatable bonds is 6. The molecule has 1 atom stereocenters. The van der Waals surface area contributed by atoms with E-state index >= 15 is 0 Å². The summed E-state index contributed by atoms with van der Waals surface area (Å²) in [6.45, 7) is 3.13. The molecule has 1 fully saturated rings. The first kappa shape index (κ1) is 15.1. The van der Waals surface area contributed by atoms with Gasteiger partial charge in [-0.15, -0.1) is 0 Å². The van der Waals surface area contributed by atoms with Gasteiger partial charge in [-0.2, -0.15) is 0 Å². The number of hydrogen-bond donors (Lipinski definition) is 1. The summed E-state index contributed by atoms with van der Waals surface area (Å²) in [4.78, 5) is 2.32. The number of likely N-dealkylation sites (N-methyl/N-ethyl adjacent to an activating group) is 2. The van der Waals surface area contributed by atoms with Gasteiger partial charge in [-0.25, -0.2) is 0 Å². The largest absolute Gasteiger partial charge is 0.493 e. The molecule has 1 aliphatic rings. The number of likely N-dealkylation sites (tertiary alicyclic amines) is 1. The minimum absolute atomic E-state index is 0.269. The molecule has 0 saturated carbocycles. The van der Waals surface area contributed by atoms with Gasteiger partial charge in [0.25, 0.3) is 0 Å². The van der Waals surface area contributed by atoms with Crippen molar-refractivity contribution in [2.24, 2.45) is 0 Å². The second kappa shape index (κ2) is 7.50. The highest BCUT2D eigenvalue weighted by Gasteiger charge is 2.20. The lowest BCUT2D eigenvalue weighted by Crippen LogP contribution is -2.38. The van der Waals surface area contributed by atoms with Crippen LogP contribution in [0.1, 0.15) is 18.4 Å². The topological polar surface area (TPSA) is 33.7 Å². The lowest BCUT2D eigenvalue weighted by atomic mass is 10.1. The fourth-order valence-corrected chi connectivity index (χ4v) is 2.63. The Hall–Kier alpha value is -1.26. The summed E-state index contributed by atoms with van der Waals surface area (Å²) in [6, 6.07) is 6.25. The number of piperidine rings is 1. The zero-order valence-electron chi connectivity index (χ0n) is 12.8. The molecule has 1 aliphatic heterocycles. The first-order valence-electron chi connectivity index (χ1n) is 7.39. The van der Waals surface area contributed by atoms with Crippen molar-refractivity contribution in [3.05, 3.63) is 23.8 Å². The first-order valence-corrected chi connectivity index (χ1v) is 7.39. The Morgan fingerprint density at radius 3 is 2.90 bits per heavy atom. The van der Waals surface area contributed by atoms with E-state index in [2.05, 4.69) is 29.4 Å². The second-order valence-electron chi connectivity index (χ2n) is 5.48. The number of methoxy groups -OCH3 is 1. The molecule has 4 heteroatoms. The molecule has 0 aromatic heterocycles. The fraction of sp³-hybridized carbons (Fsp3) is 0.625. The SMILES string of the molecule is CNCCc1ccc(OC2CCCN(C)C2)c(OC)c1. The van der Waals surface area contributed by atoms with E-state index in [1.165, 1.54) is 18.5 Å². The molecule has 4 nitrogen and oxygen atoms in total. The molecule has 0 radical (unpaired) electrons. The molecule has 1 unspecified atom stereocenters. The standard InChI is InChI=1S/C16H26N2O2/c1-17-9-8-13-6-7-15(16(11-13)19-3)20-14-5-4-10-18(2)12-14/h6-7,11,14,17H,4-5,8-10,12H2,1-3H3. The normalized spacial score (nSPS) is 19.9. The van der Waals surface area contributed by atoms with Crippen LogP contribution in [0.15, 0.2) is 18.2 Å². The van der Waals surface area contributed by atoms with Gasteiger partial charge in [0, 0.05) is 6.54 Å². The molecule has 20 heavy (non-hydrogen) atoms. The van der Waals surface area contributed by atoms with Gasteiger partial charge in [0.15, 0.2) is 11.5 Å². The molecule has 0 amide bonds. The molecule has 0 spiro atoms. The monoisotopic (exact) mass is 278 g/mol. The van der Waals surface area contributed by atoms with E-state index in [0.717, 1.165) is 37.4 Å². The van der Waals surface area contributed by atoms with Crippen molar-refractivity contribution in [2.75, 3.05) is 40.8 Å². The average molecular weight is 278 g/mol. The summed E-state index contributed by atoms with van der Waals surface area (Å²) in [7, 11) is 5.82. The quantitative estimate of drug-likeness (QED) is 0.862. The zero-order valence-corrected chi connectivity index (χ0v) is 12.8. The van der Waals surface area contributed by atoms with Gasteiger partial charge in [0.1, 0.15) is 6.10 Å². The molecule has 0 aliphatic carbocycles. The molecule has 1 N–H and O–H groups in total. The predicted octanol–water partition coefficient (Wildman–Crippen LogP) is 1.93. The van der Waals surface area contributed by atoms with E-state index in [-0.39, 0.29) is 6.10 Å². The van der Waals surface area contributed by atoms with Crippen molar-refractivity contribution in [3.8, 4) is 11.5 Å². The number of hydrogen-bond acceptors (Lipinski definition) is 4. The predicted molar refractivity (Wildman–Crippen MR) is 81.8 cm³/mol. The van der Waals surface area contributed by atoms with Gasteiger partial charge in [-0.1, -0.05) is 6.07 Å². The highest BCUT2D eigenvalue weighted by atomic mass is 16.5. The highest BCUT2D eigenvalue weighted by Crippen LogP contribution is 2.30. The molecule has 0 bridgehead atoms. The Labute approximate surface area is 122 Å². The number of ether oxygens (including phenoxy) is 2. The molecule has 2 rings (SSSR count). The van der Waals surface area contributed by atoms with Crippen LogP contribution in [-0.2, 0) is 6.42 Å². The van der Waals surface area contributed by atoms with E-state index < -0.39 is 0 Å². The Kier molecular flexibility index (Phi) is 5.68. The third-order valence-electron chi connectivity index (χ3n) is 3.77. The number of nitrogens with zero attached hydrogens (tertiary/aromatic N) is 1. The molecular formula is C16H26N2O2. The molecule has 1 aromatic carbocycles. The van der Waals surface area contributed by atoms with Crippen LogP contribution >= 0.6 is 0 Å². The smallest absolute Gasteiger partial charge is 0.161 e. The van der Waals surface area contributed by atoms with Crippen LogP contribution in [0.25, 0.3) is 0 Å². The fourth-order valence-electron chi connectivity index (χ4n) is 2.63. The van der Waals surface area contributed by atoms with Gasteiger partial charge >= 0.3 is 0 Å². The van der Waals surface area contributed by atoms with E-state index in [1.54, 1.807) is 7.11 Å². The van der Waals surface area contributed by atoms with Crippen LogP contribution in [0.4, 0.5) is 0 Å². The maximum atomic E-state index is 6.12. The van der Waals surface area contributed by atoms with Crippen molar-refractivity contribution in [3.63, 3.8) is 0 Å². The minimum Gasteiger partial charge on any atom is -0.493 e. The van der Waals surface area contributed by atoms with E-state index in [1.807, 2.05) is 13.1 Å². The average Bonchev–Trinajstić information content (AvgIpc) is 2.46. The molecule has 112 valence electrons. The zero-order chi connectivity index (χ0) is 14.4. The van der Waals surface area contributed by atoms with Crippen LogP contribution in [0.5, 0.6) is 11.5 Å². The van der Waals surface area contributed by atoms with Gasteiger partial charge < -0.3 is 19.7 Å². The maximum absolute atomic E-state index is 6.12. The van der Waals surface area contributed by atoms with Gasteiger partial charge in [-0.05, 0) is 64.1 Å². The van der Waals surface area contributed by atoms with E-state index in [0.29, 0.717) is 0 Å². The Balaban J connectivity index is 2.03. The lowest BCUT2D eigenvalue weighted by Gasteiger charge is -2.30. The van der Waals surface area contributed by atoms with Gasteiger partial charge in [0.05, 0.1) is 7.11 Å². The van der Waals surface area contributed by atoms with Gasteiger partial charge in [0.2, 0.25) is 0 Å². The highest BCUT2D eigenvalue weighted by molar-refractivity contribution is 5.43. The first-order chi connectivity index (χ1) is 9.72. The Morgan fingerprint density at radius 1 is 1.35 bits per heavy atom. The van der Waals surface area contributed by atoms with Crippen LogP contribution < -0.4 is 14.8 Å². The van der Waals surface area contributed by atoms with Crippen molar-refractivity contribution in [1.82, 2.24) is 10.2 Å². The van der Waals surface area contributed by atoms with E-state index in [4.69, 9.17) is 9.47 Å². The third-order valence-corrected chi connectivity index (χ3v) is 3.77. The summed E-state index contributed by atoms with van der Waals surface area (Å²) in [5.41, 5.74) is 1.27. The number of benzene rings is 1. The Bertz CT molecular complexity index is 423. The third kappa shape index (κ3) is 4.12.